The van der Waals surface area contributed by atoms with Crippen molar-refractivity contribution in [1.82, 2.24) is 5.32 Å². The molecule has 106 valence electrons. The molecule has 1 aromatic rings. The van der Waals surface area contributed by atoms with Gasteiger partial charge in [-0.15, -0.1) is 0 Å². The first kappa shape index (κ1) is 14.4. The van der Waals surface area contributed by atoms with Gasteiger partial charge in [-0.3, -0.25) is 0 Å². The van der Waals surface area contributed by atoms with Crippen LogP contribution >= 0.6 is 0 Å². The van der Waals surface area contributed by atoms with Gasteiger partial charge in [-0.1, -0.05) is 32.4 Å². The summed E-state index contributed by atoms with van der Waals surface area (Å²) >= 11 is 0. The van der Waals surface area contributed by atoms with E-state index in [4.69, 9.17) is 4.74 Å². The first-order valence-corrected chi connectivity index (χ1v) is 7.66. The van der Waals surface area contributed by atoms with Crippen molar-refractivity contribution >= 4 is 0 Å². The second-order valence-electron chi connectivity index (χ2n) is 5.87. The monoisotopic (exact) mass is 261 g/mol. The van der Waals surface area contributed by atoms with Crippen LogP contribution < -0.4 is 10.1 Å². The summed E-state index contributed by atoms with van der Waals surface area (Å²) in [5.74, 6) is 2.49. The zero-order valence-corrected chi connectivity index (χ0v) is 12.5. The van der Waals surface area contributed by atoms with Crippen molar-refractivity contribution in [2.45, 2.75) is 52.0 Å². The molecule has 1 fully saturated rings. The minimum atomic E-state index is 0.580. The van der Waals surface area contributed by atoms with Gasteiger partial charge < -0.3 is 10.1 Å². The van der Waals surface area contributed by atoms with Gasteiger partial charge >= 0.3 is 0 Å². The van der Waals surface area contributed by atoms with Gasteiger partial charge in [-0.2, -0.15) is 0 Å². The highest BCUT2D eigenvalue weighted by Gasteiger charge is 2.28. The van der Waals surface area contributed by atoms with E-state index in [2.05, 4.69) is 43.4 Å². The van der Waals surface area contributed by atoms with Crippen molar-refractivity contribution < 1.29 is 4.74 Å². The first-order chi connectivity index (χ1) is 9.20. The molecular formula is C17H27NO. The van der Waals surface area contributed by atoms with E-state index in [0.717, 1.165) is 24.8 Å². The lowest BCUT2D eigenvalue weighted by atomic mass is 9.88. The quantitative estimate of drug-likeness (QED) is 0.836. The number of nitrogens with one attached hydrogen (secondary N) is 1. The molecule has 2 atom stereocenters. The van der Waals surface area contributed by atoms with Crippen LogP contribution in [-0.4, -0.2) is 19.2 Å². The molecule has 0 aliphatic heterocycles. The highest BCUT2D eigenvalue weighted by Crippen LogP contribution is 2.40. The molecule has 2 nitrogen and oxygen atoms in total. The lowest BCUT2D eigenvalue weighted by molar-refractivity contribution is 0.339. The topological polar surface area (TPSA) is 21.3 Å². The Bertz CT molecular complexity index is 389. The summed E-state index contributed by atoms with van der Waals surface area (Å²) in [6, 6.07) is 9.27. The minimum absolute atomic E-state index is 0.580. The average molecular weight is 261 g/mol. The number of benzene rings is 1. The molecule has 2 heteroatoms. The van der Waals surface area contributed by atoms with Crippen LogP contribution in [0, 0.1) is 5.92 Å². The van der Waals surface area contributed by atoms with Gasteiger partial charge in [0.1, 0.15) is 5.75 Å². The SMILES string of the molecule is CCOc1cccc(C2CCCC2CNC(C)C)c1. The van der Waals surface area contributed by atoms with Gasteiger partial charge in [0.05, 0.1) is 6.61 Å². The zero-order chi connectivity index (χ0) is 13.7. The molecule has 0 radical (unpaired) electrons. The Kier molecular flexibility index (Phi) is 5.26. The highest BCUT2D eigenvalue weighted by molar-refractivity contribution is 5.31. The van der Waals surface area contributed by atoms with Crippen LogP contribution in [0.1, 0.15) is 51.5 Å². The molecule has 1 aromatic carbocycles. The molecule has 1 N–H and O–H groups in total. The molecule has 0 aromatic heterocycles. The lowest BCUT2D eigenvalue weighted by Gasteiger charge is -2.22. The molecule has 1 aliphatic rings. The van der Waals surface area contributed by atoms with Gasteiger partial charge in [0.25, 0.3) is 0 Å². The molecule has 0 bridgehead atoms. The molecule has 1 aliphatic carbocycles. The molecule has 2 rings (SSSR count). The molecule has 0 spiro atoms. The Balaban J connectivity index is 2.04. The second kappa shape index (κ2) is 6.95. The fraction of sp³-hybridized carbons (Fsp3) is 0.647. The van der Waals surface area contributed by atoms with Gasteiger partial charge in [-0.25, -0.2) is 0 Å². The van der Waals surface area contributed by atoms with Gasteiger partial charge in [0, 0.05) is 6.04 Å². The van der Waals surface area contributed by atoms with Crippen LogP contribution in [0.5, 0.6) is 5.75 Å². The van der Waals surface area contributed by atoms with Gasteiger partial charge in [0.2, 0.25) is 0 Å². The maximum atomic E-state index is 5.62. The number of ether oxygens (including phenoxy) is 1. The normalized spacial score (nSPS) is 22.9. The molecule has 1 saturated carbocycles. The van der Waals surface area contributed by atoms with E-state index in [1.807, 2.05) is 6.92 Å². The predicted octanol–water partition coefficient (Wildman–Crippen LogP) is 3.97. The van der Waals surface area contributed by atoms with E-state index in [9.17, 15) is 0 Å². The van der Waals surface area contributed by atoms with Gasteiger partial charge in [0.15, 0.2) is 0 Å². The third-order valence-corrected chi connectivity index (χ3v) is 4.04. The van der Waals surface area contributed by atoms with Crippen molar-refractivity contribution in [2.75, 3.05) is 13.2 Å². The number of rotatable bonds is 6. The molecule has 19 heavy (non-hydrogen) atoms. The Morgan fingerprint density at radius 1 is 1.32 bits per heavy atom. The van der Waals surface area contributed by atoms with E-state index in [1.54, 1.807) is 0 Å². The molecule has 0 amide bonds. The third kappa shape index (κ3) is 3.97. The van der Waals surface area contributed by atoms with Crippen LogP contribution in [0.15, 0.2) is 24.3 Å². The van der Waals surface area contributed by atoms with Crippen LogP contribution in [-0.2, 0) is 0 Å². The maximum Gasteiger partial charge on any atom is 0.119 e. The van der Waals surface area contributed by atoms with E-state index < -0.39 is 0 Å². The Labute approximate surface area is 117 Å². The fourth-order valence-corrected chi connectivity index (χ4v) is 3.11. The molecule has 0 heterocycles. The van der Waals surface area contributed by atoms with Crippen LogP contribution in [0.25, 0.3) is 0 Å². The van der Waals surface area contributed by atoms with Crippen molar-refractivity contribution in [3.8, 4) is 5.75 Å². The van der Waals surface area contributed by atoms with Crippen molar-refractivity contribution in [1.29, 1.82) is 0 Å². The van der Waals surface area contributed by atoms with Crippen molar-refractivity contribution in [2.24, 2.45) is 5.92 Å². The lowest BCUT2D eigenvalue weighted by Crippen LogP contribution is -2.30. The zero-order valence-electron chi connectivity index (χ0n) is 12.5. The summed E-state index contributed by atoms with van der Waals surface area (Å²) in [6.07, 6.45) is 4.03. The highest BCUT2D eigenvalue weighted by atomic mass is 16.5. The summed E-state index contributed by atoms with van der Waals surface area (Å²) in [5.41, 5.74) is 1.46. The summed E-state index contributed by atoms with van der Waals surface area (Å²) in [4.78, 5) is 0. The Morgan fingerprint density at radius 2 is 2.16 bits per heavy atom. The standard InChI is InChI=1S/C17H27NO/c1-4-19-16-9-5-7-14(11-16)17-10-6-8-15(17)12-18-13(2)3/h5,7,9,11,13,15,17-18H,4,6,8,10,12H2,1-3H3. The predicted molar refractivity (Wildman–Crippen MR) is 80.8 cm³/mol. The first-order valence-electron chi connectivity index (χ1n) is 7.66. The van der Waals surface area contributed by atoms with E-state index >= 15 is 0 Å². The third-order valence-electron chi connectivity index (χ3n) is 4.04. The minimum Gasteiger partial charge on any atom is -0.494 e. The number of hydrogen-bond acceptors (Lipinski definition) is 2. The molecular weight excluding hydrogens is 234 g/mol. The smallest absolute Gasteiger partial charge is 0.119 e. The van der Waals surface area contributed by atoms with Crippen LogP contribution in [0.4, 0.5) is 0 Å². The second-order valence-corrected chi connectivity index (χ2v) is 5.87. The largest absolute Gasteiger partial charge is 0.494 e. The fourth-order valence-electron chi connectivity index (χ4n) is 3.11. The van der Waals surface area contributed by atoms with Crippen LogP contribution in [0.3, 0.4) is 0 Å². The summed E-state index contributed by atoms with van der Waals surface area (Å²) in [5, 5.41) is 3.60. The van der Waals surface area contributed by atoms with Crippen LogP contribution in [0.2, 0.25) is 0 Å². The Hall–Kier alpha value is -1.02. The average Bonchev–Trinajstić information content (AvgIpc) is 2.85. The maximum absolute atomic E-state index is 5.62. The molecule has 0 saturated heterocycles. The van der Waals surface area contributed by atoms with E-state index in [1.165, 1.54) is 24.8 Å². The van der Waals surface area contributed by atoms with Crippen molar-refractivity contribution in [3.05, 3.63) is 29.8 Å². The summed E-state index contributed by atoms with van der Waals surface area (Å²) < 4.78 is 5.62. The van der Waals surface area contributed by atoms with E-state index in [-0.39, 0.29) is 0 Å². The Morgan fingerprint density at radius 3 is 2.89 bits per heavy atom. The summed E-state index contributed by atoms with van der Waals surface area (Å²) in [7, 11) is 0. The van der Waals surface area contributed by atoms with Gasteiger partial charge in [-0.05, 0) is 55.8 Å². The van der Waals surface area contributed by atoms with Crippen molar-refractivity contribution in [3.63, 3.8) is 0 Å². The molecule has 2 unspecified atom stereocenters. The van der Waals surface area contributed by atoms with E-state index in [0.29, 0.717) is 12.0 Å². The number of hydrogen-bond donors (Lipinski definition) is 1. The summed E-state index contributed by atoms with van der Waals surface area (Å²) in [6.45, 7) is 8.37.